The maximum Gasteiger partial charge on any atom is 0.229 e. The molecule has 4 rings (SSSR count). The van der Waals surface area contributed by atoms with E-state index >= 15 is 0 Å². The molecular formula is C23H27N7. The van der Waals surface area contributed by atoms with E-state index in [-0.39, 0.29) is 0 Å². The van der Waals surface area contributed by atoms with E-state index in [0.717, 1.165) is 42.8 Å². The molecule has 2 heterocycles. The summed E-state index contributed by atoms with van der Waals surface area (Å²) in [6.07, 6.45) is 3.50. The minimum Gasteiger partial charge on any atom is -0.399 e. The predicted octanol–water partition coefficient (Wildman–Crippen LogP) is 3.80. The van der Waals surface area contributed by atoms with Crippen LogP contribution in [0.25, 0.3) is 10.9 Å². The van der Waals surface area contributed by atoms with Crippen molar-refractivity contribution in [2.75, 3.05) is 35.6 Å². The van der Waals surface area contributed by atoms with Gasteiger partial charge in [0.05, 0.1) is 17.1 Å². The first-order valence-corrected chi connectivity index (χ1v) is 10.5. The fourth-order valence-electron chi connectivity index (χ4n) is 3.88. The number of fused-ring (bicyclic) bond motifs is 1. The molecule has 0 bridgehead atoms. The van der Waals surface area contributed by atoms with E-state index in [2.05, 4.69) is 39.6 Å². The summed E-state index contributed by atoms with van der Waals surface area (Å²) in [4.78, 5) is 11.9. The molecule has 1 aliphatic heterocycles. The lowest BCUT2D eigenvalue weighted by molar-refractivity contribution is 0.536. The second kappa shape index (κ2) is 8.97. The largest absolute Gasteiger partial charge is 0.399 e. The number of nitrogens with zero attached hydrogens (tertiary/aromatic N) is 4. The summed E-state index contributed by atoms with van der Waals surface area (Å²) in [7, 11) is 0. The number of anilines is 4. The maximum absolute atomic E-state index is 9.21. The molecule has 3 aromatic rings. The van der Waals surface area contributed by atoms with Crippen LogP contribution in [-0.4, -0.2) is 35.6 Å². The Morgan fingerprint density at radius 3 is 2.93 bits per heavy atom. The average molecular weight is 402 g/mol. The van der Waals surface area contributed by atoms with Gasteiger partial charge in [-0.3, -0.25) is 0 Å². The number of nitrogen functional groups attached to an aromatic ring is 1. The molecule has 0 amide bonds. The molecule has 1 aromatic heterocycles. The van der Waals surface area contributed by atoms with Crippen LogP contribution in [-0.2, 0) is 0 Å². The number of aromatic nitrogens is 2. The Balaban J connectivity index is 1.62. The van der Waals surface area contributed by atoms with Gasteiger partial charge in [-0.05, 0) is 49.7 Å². The molecule has 7 nitrogen and oxygen atoms in total. The summed E-state index contributed by atoms with van der Waals surface area (Å²) in [6, 6.07) is 15.9. The summed E-state index contributed by atoms with van der Waals surface area (Å²) in [6.45, 7) is 5.16. The van der Waals surface area contributed by atoms with Crippen molar-refractivity contribution in [3.8, 4) is 6.07 Å². The molecule has 1 fully saturated rings. The van der Waals surface area contributed by atoms with Gasteiger partial charge in [0.2, 0.25) is 5.95 Å². The van der Waals surface area contributed by atoms with E-state index in [4.69, 9.17) is 10.7 Å². The summed E-state index contributed by atoms with van der Waals surface area (Å²) in [5.41, 5.74) is 8.54. The third-order valence-electron chi connectivity index (χ3n) is 5.37. The minimum atomic E-state index is 0.480. The topological polar surface area (TPSA) is 103 Å². The van der Waals surface area contributed by atoms with Gasteiger partial charge in [0.15, 0.2) is 0 Å². The number of hydrogen-bond acceptors (Lipinski definition) is 7. The molecule has 1 unspecified atom stereocenters. The summed E-state index contributed by atoms with van der Waals surface area (Å²) >= 11 is 0. The number of nitrogens with one attached hydrogen (secondary N) is 2. The van der Waals surface area contributed by atoms with E-state index in [1.54, 1.807) is 18.2 Å². The smallest absolute Gasteiger partial charge is 0.229 e. The maximum atomic E-state index is 9.21. The van der Waals surface area contributed by atoms with Crippen molar-refractivity contribution in [2.45, 2.75) is 32.2 Å². The molecule has 1 saturated heterocycles. The summed E-state index contributed by atoms with van der Waals surface area (Å²) < 4.78 is 0. The Morgan fingerprint density at radius 2 is 2.10 bits per heavy atom. The molecular weight excluding hydrogens is 374 g/mol. The van der Waals surface area contributed by atoms with Gasteiger partial charge in [-0.25, -0.2) is 4.98 Å². The lowest BCUT2D eigenvalue weighted by Gasteiger charge is -2.21. The molecule has 154 valence electrons. The number of hydrogen-bond donors (Lipinski definition) is 3. The number of rotatable bonds is 7. The van der Waals surface area contributed by atoms with Crippen LogP contribution in [0.15, 0.2) is 42.5 Å². The summed E-state index contributed by atoms with van der Waals surface area (Å²) in [5, 5.41) is 17.1. The van der Waals surface area contributed by atoms with Gasteiger partial charge in [-0.2, -0.15) is 10.2 Å². The Labute approximate surface area is 176 Å². The highest BCUT2D eigenvalue weighted by Crippen LogP contribution is 2.29. The molecule has 2 aromatic carbocycles. The third kappa shape index (κ3) is 4.44. The van der Waals surface area contributed by atoms with Crippen molar-refractivity contribution >= 4 is 34.0 Å². The lowest BCUT2D eigenvalue weighted by Crippen LogP contribution is -2.33. The molecule has 4 N–H and O–H groups in total. The molecule has 0 aliphatic carbocycles. The van der Waals surface area contributed by atoms with Gasteiger partial charge in [0.25, 0.3) is 0 Å². The zero-order valence-corrected chi connectivity index (χ0v) is 17.2. The SMILES string of the molecule is CCCCNC1CCN(c2nc(Nc3cc(N)cc(C#N)c3)nc3ccccc23)C1. The highest BCUT2D eigenvalue weighted by atomic mass is 15.3. The van der Waals surface area contributed by atoms with E-state index < -0.39 is 0 Å². The second-order valence-electron chi connectivity index (χ2n) is 7.71. The van der Waals surface area contributed by atoms with E-state index in [9.17, 15) is 5.26 Å². The van der Waals surface area contributed by atoms with Crippen LogP contribution in [0.1, 0.15) is 31.7 Å². The Hall–Kier alpha value is -3.37. The number of nitrogens with two attached hydrogens (primary N) is 1. The van der Waals surface area contributed by atoms with Crippen molar-refractivity contribution in [1.29, 1.82) is 5.26 Å². The van der Waals surface area contributed by atoms with Gasteiger partial charge >= 0.3 is 0 Å². The number of benzene rings is 2. The van der Waals surface area contributed by atoms with Gasteiger partial charge in [-0.15, -0.1) is 0 Å². The fraction of sp³-hybridized carbons (Fsp3) is 0.348. The zero-order valence-electron chi connectivity index (χ0n) is 17.2. The van der Waals surface area contributed by atoms with Crippen LogP contribution in [0.4, 0.5) is 23.1 Å². The summed E-state index contributed by atoms with van der Waals surface area (Å²) in [5.74, 6) is 1.44. The van der Waals surface area contributed by atoms with Crippen LogP contribution in [0.2, 0.25) is 0 Å². The Morgan fingerprint density at radius 1 is 1.23 bits per heavy atom. The minimum absolute atomic E-state index is 0.480. The predicted molar refractivity (Wildman–Crippen MR) is 122 cm³/mol. The zero-order chi connectivity index (χ0) is 20.9. The van der Waals surface area contributed by atoms with Crippen molar-refractivity contribution in [1.82, 2.24) is 15.3 Å². The standard InChI is InChI=1S/C23H27N7/c1-2-3-9-26-18-8-10-30(15-18)22-20-6-4-5-7-21(20)28-23(29-22)27-19-12-16(14-24)11-17(25)13-19/h4-7,11-13,18,26H,2-3,8-10,15,25H2,1H3,(H,27,28,29). The van der Waals surface area contributed by atoms with E-state index in [1.165, 1.54) is 12.8 Å². The average Bonchev–Trinajstić information content (AvgIpc) is 3.21. The Bertz CT molecular complexity index is 1070. The highest BCUT2D eigenvalue weighted by molar-refractivity contribution is 5.91. The van der Waals surface area contributed by atoms with Crippen molar-refractivity contribution in [2.24, 2.45) is 0 Å². The van der Waals surface area contributed by atoms with Crippen LogP contribution >= 0.6 is 0 Å². The van der Waals surface area contributed by atoms with Gasteiger partial charge in [0, 0.05) is 35.9 Å². The normalized spacial score (nSPS) is 16.0. The molecule has 1 aliphatic rings. The number of unbranched alkanes of at least 4 members (excludes halogenated alkanes) is 1. The van der Waals surface area contributed by atoms with Crippen molar-refractivity contribution < 1.29 is 0 Å². The quantitative estimate of drug-likeness (QED) is 0.409. The fourth-order valence-corrected chi connectivity index (χ4v) is 3.88. The molecule has 7 heteroatoms. The van der Waals surface area contributed by atoms with Gasteiger partial charge < -0.3 is 21.3 Å². The third-order valence-corrected chi connectivity index (χ3v) is 5.37. The monoisotopic (exact) mass is 401 g/mol. The first-order valence-electron chi connectivity index (χ1n) is 10.5. The molecule has 0 spiro atoms. The van der Waals surface area contributed by atoms with Crippen LogP contribution in [0.3, 0.4) is 0 Å². The number of para-hydroxylation sites is 1. The van der Waals surface area contributed by atoms with Crippen LogP contribution in [0, 0.1) is 11.3 Å². The Kier molecular flexibility index (Phi) is 5.96. The van der Waals surface area contributed by atoms with Crippen LogP contribution in [0.5, 0.6) is 0 Å². The number of nitriles is 1. The first-order chi connectivity index (χ1) is 14.7. The lowest BCUT2D eigenvalue weighted by atomic mass is 10.2. The highest BCUT2D eigenvalue weighted by Gasteiger charge is 2.25. The molecule has 0 saturated carbocycles. The van der Waals surface area contributed by atoms with Gasteiger partial charge in [0.1, 0.15) is 5.82 Å². The molecule has 30 heavy (non-hydrogen) atoms. The van der Waals surface area contributed by atoms with Gasteiger partial charge in [-0.1, -0.05) is 25.5 Å². The first kappa shape index (κ1) is 19.9. The van der Waals surface area contributed by atoms with Crippen LogP contribution < -0.4 is 21.3 Å². The van der Waals surface area contributed by atoms with E-state index in [0.29, 0.717) is 28.9 Å². The molecule has 0 radical (unpaired) electrons. The van der Waals surface area contributed by atoms with Crippen molar-refractivity contribution in [3.63, 3.8) is 0 Å². The van der Waals surface area contributed by atoms with E-state index in [1.807, 2.05) is 18.2 Å². The van der Waals surface area contributed by atoms with Crippen molar-refractivity contribution in [3.05, 3.63) is 48.0 Å². The molecule has 1 atom stereocenters. The second-order valence-corrected chi connectivity index (χ2v) is 7.71.